The Balaban J connectivity index is 2.08. The van der Waals surface area contributed by atoms with Gasteiger partial charge in [-0.2, -0.15) is 0 Å². The number of aromatic nitrogens is 1. The highest BCUT2D eigenvalue weighted by Gasteiger charge is 2.19. The molecule has 0 bridgehead atoms. The maximum atomic E-state index is 12.6. The van der Waals surface area contributed by atoms with E-state index in [0.29, 0.717) is 6.54 Å². The molecule has 18 heavy (non-hydrogen) atoms. The van der Waals surface area contributed by atoms with Crippen molar-refractivity contribution in [2.24, 2.45) is 0 Å². The number of hydrogen-bond acceptors (Lipinski definition) is 4. The molecule has 0 aromatic carbocycles. The van der Waals surface area contributed by atoms with Gasteiger partial charge in [0.05, 0.1) is 5.70 Å². The minimum Gasteiger partial charge on any atom is -0.456 e. The van der Waals surface area contributed by atoms with Crippen molar-refractivity contribution < 1.29 is 13.9 Å². The van der Waals surface area contributed by atoms with E-state index >= 15 is 0 Å². The van der Waals surface area contributed by atoms with E-state index < -0.39 is 6.67 Å². The molecule has 0 saturated heterocycles. The van der Waals surface area contributed by atoms with Crippen LogP contribution in [0.2, 0.25) is 0 Å². The minimum absolute atomic E-state index is 0.220. The number of esters is 1. The number of rotatable bonds is 5. The van der Waals surface area contributed by atoms with Crippen LogP contribution in [0.4, 0.5) is 4.39 Å². The number of halogens is 1. The van der Waals surface area contributed by atoms with Gasteiger partial charge in [-0.15, -0.1) is 0 Å². The summed E-state index contributed by atoms with van der Waals surface area (Å²) in [4.78, 5) is 17.0. The summed E-state index contributed by atoms with van der Waals surface area (Å²) in [5.74, 6) is -0.365. The first-order chi connectivity index (χ1) is 8.69. The second-order valence-electron chi connectivity index (χ2n) is 4.16. The number of alkyl halides is 1. The van der Waals surface area contributed by atoms with Crippen LogP contribution < -0.4 is 0 Å². The summed E-state index contributed by atoms with van der Waals surface area (Å²) in [6.07, 6.45) is 3.18. The van der Waals surface area contributed by atoms with Gasteiger partial charge >= 0.3 is 5.97 Å². The third-order valence-corrected chi connectivity index (χ3v) is 2.75. The summed E-state index contributed by atoms with van der Waals surface area (Å²) in [5, 5.41) is 0. The lowest BCUT2D eigenvalue weighted by Gasteiger charge is -2.23. The zero-order chi connectivity index (χ0) is 13.0. The van der Waals surface area contributed by atoms with Crippen molar-refractivity contribution in [1.29, 1.82) is 0 Å². The van der Waals surface area contributed by atoms with E-state index in [1.165, 1.54) is 6.08 Å². The van der Waals surface area contributed by atoms with Crippen LogP contribution >= 0.6 is 0 Å². The van der Waals surface area contributed by atoms with Gasteiger partial charge < -0.3 is 9.64 Å². The molecule has 4 nitrogen and oxygen atoms in total. The Kier molecular flexibility index (Phi) is 3.92. The second kappa shape index (κ2) is 5.62. The molecule has 0 radical (unpaired) electrons. The van der Waals surface area contributed by atoms with E-state index in [9.17, 15) is 9.18 Å². The smallest absolute Gasteiger partial charge is 0.333 e. The number of nitrogens with zero attached hydrogens (tertiary/aromatic N) is 2. The number of cyclic esters (lactones) is 1. The van der Waals surface area contributed by atoms with Gasteiger partial charge in [0.15, 0.2) is 0 Å². The van der Waals surface area contributed by atoms with E-state index in [0.717, 1.165) is 17.0 Å². The zero-order valence-corrected chi connectivity index (χ0v) is 10.2. The fraction of sp³-hybridized carbons (Fsp3) is 0.385. The molecule has 1 aromatic rings. The third-order valence-electron chi connectivity index (χ3n) is 2.75. The predicted molar refractivity (Wildman–Crippen MR) is 64.4 cm³/mol. The van der Waals surface area contributed by atoms with E-state index in [1.807, 2.05) is 19.1 Å². The highest BCUT2D eigenvalue weighted by atomic mass is 19.1. The molecular formula is C13H15FN2O2. The Bertz CT molecular complexity index is 457. The largest absolute Gasteiger partial charge is 0.456 e. The Morgan fingerprint density at radius 3 is 2.89 bits per heavy atom. The van der Waals surface area contributed by atoms with Crippen molar-refractivity contribution in [3.63, 3.8) is 0 Å². The van der Waals surface area contributed by atoms with E-state index in [4.69, 9.17) is 4.74 Å². The molecule has 2 rings (SSSR count). The number of aryl methyl sites for hydroxylation is 1. The number of carbonyl (C=O) groups excluding carboxylic acids is 1. The molecule has 0 atom stereocenters. The molecule has 0 unspecified atom stereocenters. The second-order valence-corrected chi connectivity index (χ2v) is 4.16. The van der Waals surface area contributed by atoms with Gasteiger partial charge in [0, 0.05) is 31.1 Å². The number of pyridine rings is 1. The average molecular weight is 250 g/mol. The van der Waals surface area contributed by atoms with Crippen LogP contribution in [0.5, 0.6) is 0 Å². The average Bonchev–Trinajstić information content (AvgIpc) is 2.78. The van der Waals surface area contributed by atoms with Crippen LogP contribution in [-0.2, 0) is 16.1 Å². The Hall–Kier alpha value is -1.91. The number of ether oxygens (including phenoxy) is 1. The van der Waals surface area contributed by atoms with Gasteiger partial charge in [-0.25, -0.2) is 9.18 Å². The highest BCUT2D eigenvalue weighted by Crippen LogP contribution is 2.15. The lowest BCUT2D eigenvalue weighted by Crippen LogP contribution is -2.26. The SMILES string of the molecule is Cc1ccc(CN(CCF)C2=CC(=O)OC2)cn1. The first-order valence-corrected chi connectivity index (χ1v) is 5.79. The molecule has 1 aliphatic heterocycles. The normalized spacial score (nSPS) is 14.3. The lowest BCUT2D eigenvalue weighted by atomic mass is 10.2. The fourth-order valence-electron chi connectivity index (χ4n) is 1.79. The lowest BCUT2D eigenvalue weighted by molar-refractivity contribution is -0.135. The molecule has 0 spiro atoms. The Morgan fingerprint density at radius 1 is 1.50 bits per heavy atom. The van der Waals surface area contributed by atoms with Crippen molar-refractivity contribution in [2.45, 2.75) is 13.5 Å². The van der Waals surface area contributed by atoms with Gasteiger partial charge in [-0.3, -0.25) is 4.98 Å². The molecule has 5 heteroatoms. The molecular weight excluding hydrogens is 235 g/mol. The maximum absolute atomic E-state index is 12.6. The molecule has 0 saturated carbocycles. The fourth-order valence-corrected chi connectivity index (χ4v) is 1.79. The van der Waals surface area contributed by atoms with Crippen LogP contribution in [0.25, 0.3) is 0 Å². The minimum atomic E-state index is -0.467. The Labute approximate surface area is 105 Å². The summed E-state index contributed by atoms with van der Waals surface area (Å²) in [6, 6.07) is 3.86. The van der Waals surface area contributed by atoms with Gasteiger partial charge in [0.2, 0.25) is 0 Å². The molecule has 1 aromatic heterocycles. The van der Waals surface area contributed by atoms with Gasteiger partial charge in [0.1, 0.15) is 13.3 Å². The molecule has 0 amide bonds. The zero-order valence-electron chi connectivity index (χ0n) is 10.2. The van der Waals surface area contributed by atoms with Gasteiger partial charge in [-0.1, -0.05) is 6.07 Å². The summed E-state index contributed by atoms with van der Waals surface area (Å²) >= 11 is 0. The summed E-state index contributed by atoms with van der Waals surface area (Å²) in [5.41, 5.74) is 2.64. The quantitative estimate of drug-likeness (QED) is 0.744. The summed E-state index contributed by atoms with van der Waals surface area (Å²) in [6.45, 7) is 2.44. The highest BCUT2D eigenvalue weighted by molar-refractivity contribution is 5.85. The van der Waals surface area contributed by atoms with Crippen molar-refractivity contribution in [1.82, 2.24) is 9.88 Å². The van der Waals surface area contributed by atoms with E-state index in [-0.39, 0.29) is 19.1 Å². The molecule has 96 valence electrons. The maximum Gasteiger partial charge on any atom is 0.333 e. The molecule has 2 heterocycles. The summed E-state index contributed by atoms with van der Waals surface area (Å²) in [7, 11) is 0. The summed E-state index contributed by atoms with van der Waals surface area (Å²) < 4.78 is 17.4. The van der Waals surface area contributed by atoms with Crippen molar-refractivity contribution in [3.05, 3.63) is 41.4 Å². The topological polar surface area (TPSA) is 42.4 Å². The first kappa shape index (κ1) is 12.5. The van der Waals surface area contributed by atoms with Crippen LogP contribution in [-0.4, -0.2) is 35.7 Å². The van der Waals surface area contributed by atoms with Crippen molar-refractivity contribution in [3.8, 4) is 0 Å². The van der Waals surface area contributed by atoms with E-state index in [2.05, 4.69) is 4.98 Å². The first-order valence-electron chi connectivity index (χ1n) is 5.79. The number of hydrogen-bond donors (Lipinski definition) is 0. The van der Waals surface area contributed by atoms with Crippen molar-refractivity contribution in [2.75, 3.05) is 19.8 Å². The molecule has 0 N–H and O–H groups in total. The van der Waals surface area contributed by atoms with E-state index in [1.54, 1.807) is 11.1 Å². The molecule has 1 aliphatic rings. The third kappa shape index (κ3) is 3.06. The van der Waals surface area contributed by atoms with Crippen LogP contribution in [0.3, 0.4) is 0 Å². The van der Waals surface area contributed by atoms with Gasteiger partial charge in [-0.05, 0) is 18.6 Å². The standard InChI is InChI=1S/C13H15FN2O2/c1-10-2-3-11(7-15-10)8-16(5-4-14)12-6-13(17)18-9-12/h2-3,6-7H,4-5,8-9H2,1H3. The molecule has 0 fully saturated rings. The van der Waals surface area contributed by atoms with Gasteiger partial charge in [0.25, 0.3) is 0 Å². The predicted octanol–water partition coefficient (Wildman–Crippen LogP) is 1.60. The molecule has 0 aliphatic carbocycles. The monoisotopic (exact) mass is 250 g/mol. The van der Waals surface area contributed by atoms with Crippen molar-refractivity contribution >= 4 is 5.97 Å². The Morgan fingerprint density at radius 2 is 2.33 bits per heavy atom. The van der Waals surface area contributed by atoms with Crippen LogP contribution in [0.1, 0.15) is 11.3 Å². The number of carbonyl (C=O) groups is 1. The van der Waals surface area contributed by atoms with Crippen LogP contribution in [0, 0.1) is 6.92 Å². The van der Waals surface area contributed by atoms with Crippen LogP contribution in [0.15, 0.2) is 30.1 Å².